The minimum Gasteiger partial charge on any atom is -0.358 e. The van der Waals surface area contributed by atoms with E-state index in [2.05, 4.69) is 24.9 Å². The second-order valence-corrected chi connectivity index (χ2v) is 4.84. The molecule has 0 radical (unpaired) electrons. The van der Waals surface area contributed by atoms with E-state index < -0.39 is 0 Å². The highest BCUT2D eigenvalue weighted by Gasteiger charge is 2.16. The molecule has 2 aromatic rings. The van der Waals surface area contributed by atoms with E-state index in [9.17, 15) is 4.79 Å². The summed E-state index contributed by atoms with van der Waals surface area (Å²) >= 11 is 0. The zero-order valence-electron chi connectivity index (χ0n) is 10.9. The Hall–Kier alpha value is -2.08. The molecular formula is C15H16N2O. The van der Waals surface area contributed by atoms with Gasteiger partial charge in [-0.05, 0) is 30.5 Å². The third-order valence-electron chi connectivity index (χ3n) is 3.20. The van der Waals surface area contributed by atoms with Crippen molar-refractivity contribution >= 4 is 16.7 Å². The quantitative estimate of drug-likeness (QED) is 0.832. The van der Waals surface area contributed by atoms with Crippen LogP contribution in [-0.2, 0) is 0 Å². The number of H-pyrrole nitrogens is 1. The Bertz CT molecular complexity index is 644. The number of aromatic nitrogens is 1. The second kappa shape index (κ2) is 4.66. The molecule has 1 aromatic carbocycles. The molecule has 0 saturated carbocycles. The number of aromatic amines is 1. The highest BCUT2D eigenvalue weighted by Crippen LogP contribution is 2.27. The molecule has 0 fully saturated rings. The van der Waals surface area contributed by atoms with E-state index in [1.54, 1.807) is 0 Å². The SMILES string of the molecule is Cc1[nH]c2ccc(C(C)C)cc2c1C(=O)CC#N. The van der Waals surface area contributed by atoms with Crippen molar-refractivity contribution in [2.75, 3.05) is 0 Å². The van der Waals surface area contributed by atoms with Crippen molar-refractivity contribution in [3.8, 4) is 6.07 Å². The summed E-state index contributed by atoms with van der Waals surface area (Å²) in [5, 5.41) is 9.59. The minimum atomic E-state index is -0.109. The molecule has 0 amide bonds. The van der Waals surface area contributed by atoms with E-state index in [4.69, 9.17) is 5.26 Å². The standard InChI is InChI=1S/C15H16N2O/c1-9(2)11-4-5-13-12(8-11)15(10(3)17-13)14(18)6-7-16/h4-5,8-9,17H,6H2,1-3H3. The van der Waals surface area contributed by atoms with Crippen molar-refractivity contribution in [2.45, 2.75) is 33.1 Å². The molecule has 92 valence electrons. The van der Waals surface area contributed by atoms with Crippen molar-refractivity contribution < 1.29 is 4.79 Å². The van der Waals surface area contributed by atoms with Crippen LogP contribution in [0.3, 0.4) is 0 Å². The van der Waals surface area contributed by atoms with Gasteiger partial charge in [0, 0.05) is 22.2 Å². The first-order valence-corrected chi connectivity index (χ1v) is 6.07. The summed E-state index contributed by atoms with van der Waals surface area (Å²) in [6.45, 7) is 6.12. The molecule has 1 N–H and O–H groups in total. The maximum Gasteiger partial charge on any atom is 0.179 e. The van der Waals surface area contributed by atoms with E-state index in [0.717, 1.165) is 16.6 Å². The normalized spacial score (nSPS) is 10.8. The number of carbonyl (C=O) groups excluding carboxylic acids is 1. The molecule has 3 heteroatoms. The molecule has 0 bridgehead atoms. The number of fused-ring (bicyclic) bond motifs is 1. The van der Waals surface area contributed by atoms with Gasteiger partial charge in [0.1, 0.15) is 0 Å². The molecule has 0 spiro atoms. The van der Waals surface area contributed by atoms with Crippen molar-refractivity contribution in [3.63, 3.8) is 0 Å². The average molecular weight is 240 g/mol. The van der Waals surface area contributed by atoms with Gasteiger partial charge in [-0.1, -0.05) is 19.9 Å². The van der Waals surface area contributed by atoms with E-state index >= 15 is 0 Å². The number of ketones is 1. The molecule has 3 nitrogen and oxygen atoms in total. The van der Waals surface area contributed by atoms with Gasteiger partial charge in [-0.25, -0.2) is 0 Å². The molecule has 0 aliphatic heterocycles. The summed E-state index contributed by atoms with van der Waals surface area (Å²) < 4.78 is 0. The average Bonchev–Trinajstić information content (AvgIpc) is 2.63. The van der Waals surface area contributed by atoms with Gasteiger partial charge in [0.15, 0.2) is 5.78 Å². The summed E-state index contributed by atoms with van der Waals surface area (Å²) in [4.78, 5) is 15.2. The molecular weight excluding hydrogens is 224 g/mol. The lowest BCUT2D eigenvalue weighted by Crippen LogP contribution is -1.98. The molecule has 1 heterocycles. The van der Waals surface area contributed by atoms with Crippen LogP contribution in [0.25, 0.3) is 10.9 Å². The van der Waals surface area contributed by atoms with Crippen molar-refractivity contribution in [1.82, 2.24) is 4.98 Å². The van der Waals surface area contributed by atoms with Gasteiger partial charge in [0.05, 0.1) is 12.5 Å². The molecule has 0 aliphatic rings. The summed E-state index contributed by atoms with van der Waals surface area (Å²) in [7, 11) is 0. The van der Waals surface area contributed by atoms with E-state index in [0.29, 0.717) is 11.5 Å². The number of aryl methyl sites for hydroxylation is 1. The smallest absolute Gasteiger partial charge is 0.179 e. The number of hydrogen-bond donors (Lipinski definition) is 1. The van der Waals surface area contributed by atoms with Crippen LogP contribution >= 0.6 is 0 Å². The predicted octanol–water partition coefficient (Wildman–Crippen LogP) is 3.70. The van der Waals surface area contributed by atoms with Crippen LogP contribution in [0.1, 0.15) is 47.8 Å². The number of nitriles is 1. The van der Waals surface area contributed by atoms with Gasteiger partial charge in [-0.15, -0.1) is 0 Å². The zero-order chi connectivity index (χ0) is 13.3. The number of rotatable bonds is 3. The lowest BCUT2D eigenvalue weighted by Gasteiger charge is -2.05. The van der Waals surface area contributed by atoms with Gasteiger partial charge in [-0.3, -0.25) is 4.79 Å². The molecule has 1 aromatic heterocycles. The van der Waals surface area contributed by atoms with E-state index in [1.165, 1.54) is 5.56 Å². The lowest BCUT2D eigenvalue weighted by atomic mass is 9.98. The lowest BCUT2D eigenvalue weighted by molar-refractivity contribution is 0.0999. The van der Waals surface area contributed by atoms with Crippen LogP contribution in [0.15, 0.2) is 18.2 Å². The number of benzene rings is 1. The van der Waals surface area contributed by atoms with Gasteiger partial charge < -0.3 is 4.98 Å². The Morgan fingerprint density at radius 3 is 2.78 bits per heavy atom. The first-order valence-electron chi connectivity index (χ1n) is 6.07. The number of nitrogens with zero attached hydrogens (tertiary/aromatic N) is 1. The first-order chi connectivity index (χ1) is 8.54. The van der Waals surface area contributed by atoms with Crippen molar-refractivity contribution in [3.05, 3.63) is 35.0 Å². The molecule has 18 heavy (non-hydrogen) atoms. The molecule has 0 unspecified atom stereocenters. The number of hydrogen-bond acceptors (Lipinski definition) is 2. The summed E-state index contributed by atoms with van der Waals surface area (Å²) in [6, 6.07) is 8.04. The topological polar surface area (TPSA) is 56.6 Å². The third kappa shape index (κ3) is 2.02. The first kappa shape index (κ1) is 12.4. The molecule has 0 saturated heterocycles. The van der Waals surface area contributed by atoms with Gasteiger partial charge in [0.25, 0.3) is 0 Å². The summed E-state index contributed by atoms with van der Waals surface area (Å²) in [5.74, 6) is 0.311. The zero-order valence-corrected chi connectivity index (χ0v) is 10.9. The Morgan fingerprint density at radius 1 is 1.44 bits per heavy atom. The number of Topliss-reactive ketones (excluding diaryl/α,β-unsaturated/α-hetero) is 1. The van der Waals surface area contributed by atoms with Crippen molar-refractivity contribution in [2.24, 2.45) is 0 Å². The maximum atomic E-state index is 12.0. The van der Waals surface area contributed by atoms with Gasteiger partial charge in [0.2, 0.25) is 0 Å². The maximum absolute atomic E-state index is 12.0. The number of nitrogens with one attached hydrogen (secondary N) is 1. The molecule has 2 rings (SSSR count). The predicted molar refractivity (Wildman–Crippen MR) is 71.7 cm³/mol. The monoisotopic (exact) mass is 240 g/mol. The molecule has 0 atom stereocenters. The van der Waals surface area contributed by atoms with Crippen LogP contribution in [-0.4, -0.2) is 10.8 Å². The fourth-order valence-electron chi connectivity index (χ4n) is 2.22. The second-order valence-electron chi connectivity index (χ2n) is 4.84. The fraction of sp³-hybridized carbons (Fsp3) is 0.333. The number of carbonyl (C=O) groups is 1. The van der Waals surface area contributed by atoms with Crippen molar-refractivity contribution in [1.29, 1.82) is 5.26 Å². The van der Waals surface area contributed by atoms with Crippen LogP contribution in [0.4, 0.5) is 0 Å². The summed E-state index contributed by atoms with van der Waals surface area (Å²) in [5.41, 5.74) is 3.66. The highest BCUT2D eigenvalue weighted by molar-refractivity contribution is 6.10. The molecule has 0 aliphatic carbocycles. The van der Waals surface area contributed by atoms with Crippen LogP contribution in [0, 0.1) is 18.3 Å². The Morgan fingerprint density at radius 2 is 2.17 bits per heavy atom. The van der Waals surface area contributed by atoms with E-state index in [-0.39, 0.29) is 12.2 Å². The highest BCUT2D eigenvalue weighted by atomic mass is 16.1. The minimum absolute atomic E-state index is 0.0697. The van der Waals surface area contributed by atoms with Crippen LogP contribution in [0.2, 0.25) is 0 Å². The van der Waals surface area contributed by atoms with Crippen LogP contribution in [0.5, 0.6) is 0 Å². The van der Waals surface area contributed by atoms with Crippen LogP contribution < -0.4 is 0 Å². The van der Waals surface area contributed by atoms with E-state index in [1.807, 2.05) is 25.1 Å². The largest absolute Gasteiger partial charge is 0.358 e. The van der Waals surface area contributed by atoms with Gasteiger partial charge >= 0.3 is 0 Å². The Balaban J connectivity index is 2.64. The third-order valence-corrected chi connectivity index (χ3v) is 3.20. The fourth-order valence-corrected chi connectivity index (χ4v) is 2.22. The Labute approximate surface area is 106 Å². The van der Waals surface area contributed by atoms with Gasteiger partial charge in [-0.2, -0.15) is 5.26 Å². The Kier molecular flexibility index (Phi) is 3.20. The summed E-state index contributed by atoms with van der Waals surface area (Å²) in [6.07, 6.45) is -0.0697.